The lowest BCUT2D eigenvalue weighted by molar-refractivity contribution is 0.263. The molecule has 2 rings (SSSR count). The maximum Gasteiger partial charge on any atom is 0.152 e. The van der Waals surface area contributed by atoms with Gasteiger partial charge in [0.25, 0.3) is 0 Å². The molecular formula is C11H24N6O. The maximum atomic E-state index is 8.97. The predicted octanol–water partition coefficient (Wildman–Crippen LogP) is 1.36. The van der Waals surface area contributed by atoms with Gasteiger partial charge in [-0.25, -0.2) is 14.6 Å². The number of aromatic nitrogens is 6. The van der Waals surface area contributed by atoms with E-state index >= 15 is 0 Å². The fourth-order valence-electron chi connectivity index (χ4n) is 0.805. The molecule has 0 saturated heterocycles. The first-order chi connectivity index (χ1) is 9.83. The van der Waals surface area contributed by atoms with Crippen LogP contribution in [0.15, 0.2) is 19.0 Å². The number of aliphatic hydroxyl groups is 1. The molecular weight excluding hydrogens is 232 g/mol. The predicted molar refractivity (Wildman–Crippen MR) is 70.8 cm³/mol. The second-order valence-electron chi connectivity index (χ2n) is 2.39. The van der Waals surface area contributed by atoms with Crippen molar-refractivity contribution >= 4 is 0 Å². The van der Waals surface area contributed by atoms with Crippen LogP contribution in [0.1, 0.15) is 42.7 Å². The highest BCUT2D eigenvalue weighted by Gasteiger charge is 1.97. The zero-order valence-corrected chi connectivity index (χ0v) is 8.86. The molecule has 0 aliphatic carbocycles. The molecule has 0 spiro atoms. The summed E-state index contributed by atoms with van der Waals surface area (Å²) in [4.78, 5) is 7.04. The normalized spacial score (nSPS) is 15.9. The molecule has 0 aromatic carbocycles. The lowest BCUT2D eigenvalue weighted by atomic mass is 10.6. The van der Waals surface area contributed by atoms with Gasteiger partial charge in [0, 0.05) is 13.0 Å². The molecule has 2 aromatic heterocycles. The number of hydrogen-bond donors (Lipinski definition) is 1. The topological polar surface area (TPSA) is 81.7 Å². The van der Waals surface area contributed by atoms with Crippen molar-refractivity contribution in [1.82, 2.24) is 29.5 Å². The van der Waals surface area contributed by atoms with Crippen molar-refractivity contribution in [3.63, 3.8) is 0 Å². The summed E-state index contributed by atoms with van der Waals surface area (Å²) in [6.07, 6.45) is 3.64. The van der Waals surface area contributed by atoms with Crippen molar-refractivity contribution in [1.29, 1.82) is 0 Å². The van der Waals surface area contributed by atoms with Crippen molar-refractivity contribution in [2.75, 3.05) is 0 Å². The fraction of sp³-hybridized carbons (Fsp3) is 0.636. The number of nitrogens with zero attached hydrogens (tertiary/aromatic N) is 6. The van der Waals surface area contributed by atoms with E-state index in [0.29, 0.717) is 4.68 Å². The Morgan fingerprint density at radius 3 is 2.28 bits per heavy atom. The number of rotatable bonds is 3. The molecule has 2 heterocycles. The monoisotopic (exact) mass is 262 g/mol. The molecule has 0 amide bonds. The second kappa shape index (κ2) is 10.4. The quantitative estimate of drug-likeness (QED) is 0.903. The highest BCUT2D eigenvalue weighted by molar-refractivity contribution is 4.79. The summed E-state index contributed by atoms with van der Waals surface area (Å²) >= 11 is 0. The van der Waals surface area contributed by atoms with Crippen LogP contribution in [-0.4, -0.2) is 34.6 Å². The van der Waals surface area contributed by atoms with Gasteiger partial charge >= 0.3 is 0 Å². The molecule has 0 bridgehead atoms. The first-order valence-electron chi connectivity index (χ1n) is 7.32. The molecule has 0 saturated carbocycles. The Balaban J connectivity index is 0. The number of hydrogen-bond acceptors (Lipinski definition) is 5. The molecule has 0 atom stereocenters. The summed E-state index contributed by atoms with van der Waals surface area (Å²) < 4.78 is 44.5. The Morgan fingerprint density at radius 1 is 1.22 bits per heavy atom. The number of aryl methyl sites for hydroxylation is 2. The molecule has 2 aromatic rings. The van der Waals surface area contributed by atoms with Gasteiger partial charge in [0.05, 0.1) is 8.22 Å². The van der Waals surface area contributed by atoms with Gasteiger partial charge in [0.15, 0.2) is 5.82 Å². The summed E-state index contributed by atoms with van der Waals surface area (Å²) in [5.41, 5.74) is 0. The van der Waals surface area contributed by atoms with Crippen LogP contribution in [0.25, 0.3) is 0 Å². The lowest BCUT2D eigenvalue weighted by Crippen LogP contribution is -2.02. The minimum absolute atomic E-state index is 0. The molecule has 7 nitrogen and oxygen atoms in total. The van der Waals surface area contributed by atoms with E-state index in [1.807, 2.05) is 0 Å². The van der Waals surface area contributed by atoms with Gasteiger partial charge in [-0.15, -0.1) is 0 Å². The maximum absolute atomic E-state index is 8.97. The van der Waals surface area contributed by atoms with E-state index in [1.165, 1.54) is 26.5 Å². The fourth-order valence-corrected chi connectivity index (χ4v) is 0.805. The average Bonchev–Trinajstić information content (AvgIpc) is 2.99. The smallest absolute Gasteiger partial charge is 0.152 e. The van der Waals surface area contributed by atoms with E-state index in [0.717, 1.165) is 11.0 Å². The highest BCUT2D eigenvalue weighted by atomic mass is 16.3. The summed E-state index contributed by atoms with van der Waals surface area (Å²) in [6.45, 7) is -3.39. The van der Waals surface area contributed by atoms with Crippen molar-refractivity contribution in [3.05, 3.63) is 24.8 Å². The average molecular weight is 262 g/mol. The highest BCUT2D eigenvalue weighted by Crippen LogP contribution is 1.90. The van der Waals surface area contributed by atoms with Gasteiger partial charge in [-0.05, 0) is 13.8 Å². The molecule has 18 heavy (non-hydrogen) atoms. The summed E-state index contributed by atoms with van der Waals surface area (Å²) in [6, 6.07) is 0. The summed E-state index contributed by atoms with van der Waals surface area (Å²) in [5, 5.41) is 16.1. The molecule has 7 heteroatoms. The third-order valence-corrected chi connectivity index (χ3v) is 1.51. The zero-order chi connectivity index (χ0) is 17.2. The molecule has 0 fully saturated rings. The Hall–Kier alpha value is -1.76. The standard InChI is InChI=1S/C5H9N3O.C4H7N3.2CH4/c1-2-8-5(3-9)6-4-7-8;1-2-7-4-5-3-6-7;;/h4,9H,2-3H2,1H3;3-4H,2H2,1H3;2*1H4/i2D2,3D2;2D2;;. The van der Waals surface area contributed by atoms with Gasteiger partial charge in [-0.1, -0.05) is 14.9 Å². The minimum atomic E-state index is -2.68. The third-order valence-electron chi connectivity index (χ3n) is 1.51. The zero-order valence-electron chi connectivity index (χ0n) is 14.9. The third kappa shape index (κ3) is 5.53. The van der Waals surface area contributed by atoms with Crippen molar-refractivity contribution in [2.24, 2.45) is 0 Å². The second-order valence-corrected chi connectivity index (χ2v) is 2.39. The summed E-state index contributed by atoms with van der Waals surface area (Å²) in [7, 11) is 0. The van der Waals surface area contributed by atoms with Crippen LogP contribution >= 0.6 is 0 Å². The van der Waals surface area contributed by atoms with E-state index in [4.69, 9.17) is 13.3 Å². The molecule has 1 N–H and O–H groups in total. The van der Waals surface area contributed by atoms with Crippen LogP contribution < -0.4 is 0 Å². The largest absolute Gasteiger partial charge is 0.388 e. The van der Waals surface area contributed by atoms with Gasteiger partial charge in [0.2, 0.25) is 0 Å². The Kier molecular flexibility index (Phi) is 5.32. The van der Waals surface area contributed by atoms with Crippen LogP contribution in [0.5, 0.6) is 0 Å². The van der Waals surface area contributed by atoms with Gasteiger partial charge in [-0.2, -0.15) is 10.2 Å². The molecule has 0 aliphatic heterocycles. The van der Waals surface area contributed by atoms with Crippen LogP contribution in [0.3, 0.4) is 0 Å². The molecule has 0 radical (unpaired) electrons. The van der Waals surface area contributed by atoms with Gasteiger partial charge in [0.1, 0.15) is 25.5 Å². The van der Waals surface area contributed by atoms with E-state index in [1.54, 1.807) is 0 Å². The van der Waals surface area contributed by atoms with Crippen molar-refractivity contribution in [3.8, 4) is 0 Å². The van der Waals surface area contributed by atoms with E-state index in [-0.39, 0.29) is 14.9 Å². The minimum Gasteiger partial charge on any atom is -0.388 e. The lowest BCUT2D eigenvalue weighted by Gasteiger charge is -1.95. The Morgan fingerprint density at radius 2 is 1.94 bits per heavy atom. The SMILES string of the molecule is C.C.[2H]C([2H])(C)n1cncn1.[2H]C([2H])(O)c1ncnn1C([2H])([2H])C. The van der Waals surface area contributed by atoms with Gasteiger partial charge in [-0.3, -0.25) is 4.68 Å². The van der Waals surface area contributed by atoms with E-state index < -0.39 is 25.4 Å². The first-order valence-corrected chi connectivity index (χ1v) is 4.32. The van der Waals surface area contributed by atoms with Crippen LogP contribution in [0.4, 0.5) is 0 Å². The van der Waals surface area contributed by atoms with E-state index in [9.17, 15) is 0 Å². The van der Waals surface area contributed by atoms with Gasteiger partial charge < -0.3 is 5.11 Å². The van der Waals surface area contributed by atoms with Crippen molar-refractivity contribution in [2.45, 2.75) is 48.3 Å². The van der Waals surface area contributed by atoms with Crippen molar-refractivity contribution < 1.29 is 13.3 Å². The van der Waals surface area contributed by atoms with Crippen LogP contribution in [0, 0.1) is 0 Å². The first kappa shape index (κ1) is 9.21. The Bertz CT molecular complexity index is 555. The van der Waals surface area contributed by atoms with E-state index in [2.05, 4.69) is 20.2 Å². The van der Waals surface area contributed by atoms with Crippen LogP contribution in [0.2, 0.25) is 0 Å². The van der Waals surface area contributed by atoms with Crippen LogP contribution in [-0.2, 0) is 19.6 Å². The molecule has 0 unspecified atom stereocenters. The molecule has 104 valence electrons. The molecule has 0 aliphatic rings. The Labute approximate surface area is 117 Å². The summed E-state index contributed by atoms with van der Waals surface area (Å²) in [5.74, 6) is -0.444.